The van der Waals surface area contributed by atoms with Crippen LogP contribution in [0.15, 0.2) is 36.7 Å². The molecule has 0 bridgehead atoms. The van der Waals surface area contributed by atoms with Crippen LogP contribution in [0.3, 0.4) is 0 Å². The number of rotatable bonds is 4. The first-order valence-electron chi connectivity index (χ1n) is 10.1. The van der Waals surface area contributed by atoms with Crippen LogP contribution in [0.4, 0.5) is 0 Å². The summed E-state index contributed by atoms with van der Waals surface area (Å²) in [5, 5.41) is 0.828. The van der Waals surface area contributed by atoms with E-state index in [1.165, 1.54) is 49.7 Å². The molecule has 0 radical (unpaired) electrons. The molecule has 1 heterocycles. The number of nitrogens with zero attached hydrogens (tertiary/aromatic N) is 1. The molecule has 0 amide bonds. The Morgan fingerprint density at radius 1 is 1.04 bits per heavy atom. The number of fused-ring (bicyclic) bond motifs is 1. The summed E-state index contributed by atoms with van der Waals surface area (Å²) in [6.45, 7) is 0.293. The normalized spacial score (nSPS) is 20.1. The maximum absolute atomic E-state index is 12.6. The van der Waals surface area contributed by atoms with E-state index in [0.29, 0.717) is 12.5 Å². The van der Waals surface area contributed by atoms with Gasteiger partial charge in [-0.15, -0.1) is 0 Å². The second-order valence-corrected chi connectivity index (χ2v) is 8.22. The van der Waals surface area contributed by atoms with Crippen LogP contribution in [0.1, 0.15) is 79.0 Å². The van der Waals surface area contributed by atoms with Crippen molar-refractivity contribution in [3.05, 3.63) is 63.9 Å². The van der Waals surface area contributed by atoms with Crippen molar-refractivity contribution in [3.8, 4) is 0 Å². The second kappa shape index (κ2) is 8.43. The summed E-state index contributed by atoms with van der Waals surface area (Å²) < 4.78 is 5.56. The highest BCUT2D eigenvalue weighted by molar-refractivity contribution is 6.31. The third-order valence-electron chi connectivity index (χ3n) is 6.05. The van der Waals surface area contributed by atoms with Gasteiger partial charge in [0.1, 0.15) is 6.61 Å². The summed E-state index contributed by atoms with van der Waals surface area (Å²) >= 11 is 6.68. The fraction of sp³-hybridized carbons (Fsp3) is 0.478. The first kappa shape index (κ1) is 18.5. The minimum absolute atomic E-state index is 0.149. The molecule has 0 saturated heterocycles. The number of pyridine rings is 1. The minimum atomic E-state index is -0.192. The smallest absolute Gasteiger partial charge is 0.313 e. The molecule has 0 N–H and O–H groups in total. The van der Waals surface area contributed by atoms with E-state index in [2.05, 4.69) is 11.1 Å². The van der Waals surface area contributed by atoms with Crippen LogP contribution in [0.2, 0.25) is 5.02 Å². The largest absolute Gasteiger partial charge is 0.460 e. The Morgan fingerprint density at radius 3 is 2.52 bits per heavy atom. The van der Waals surface area contributed by atoms with Gasteiger partial charge < -0.3 is 4.74 Å². The molecule has 27 heavy (non-hydrogen) atoms. The number of hydrogen-bond donors (Lipinski definition) is 0. The second-order valence-electron chi connectivity index (χ2n) is 7.82. The van der Waals surface area contributed by atoms with Crippen molar-refractivity contribution in [2.75, 3.05) is 0 Å². The van der Waals surface area contributed by atoms with E-state index in [0.717, 1.165) is 29.0 Å². The number of esters is 1. The van der Waals surface area contributed by atoms with Crippen molar-refractivity contribution in [1.29, 1.82) is 0 Å². The van der Waals surface area contributed by atoms with Crippen LogP contribution in [-0.2, 0) is 22.6 Å². The Hall–Kier alpha value is -1.87. The van der Waals surface area contributed by atoms with Crippen molar-refractivity contribution in [1.82, 2.24) is 4.98 Å². The first-order chi connectivity index (χ1) is 13.2. The lowest BCUT2D eigenvalue weighted by Crippen LogP contribution is -2.14. The Morgan fingerprint density at radius 2 is 1.78 bits per heavy atom. The summed E-state index contributed by atoms with van der Waals surface area (Å²) in [6, 6.07) is 8.06. The predicted octanol–water partition coefficient (Wildman–Crippen LogP) is 5.95. The van der Waals surface area contributed by atoms with Gasteiger partial charge in [0.15, 0.2) is 0 Å². The number of benzene rings is 1. The summed E-state index contributed by atoms with van der Waals surface area (Å²) in [7, 11) is 0. The van der Waals surface area contributed by atoms with Gasteiger partial charge in [0.05, 0.1) is 5.92 Å². The van der Waals surface area contributed by atoms with Gasteiger partial charge in [0, 0.05) is 17.4 Å². The molecule has 1 saturated carbocycles. The van der Waals surface area contributed by atoms with E-state index in [-0.39, 0.29) is 11.9 Å². The molecule has 1 aromatic heterocycles. The average molecular weight is 384 g/mol. The zero-order valence-corrected chi connectivity index (χ0v) is 16.4. The van der Waals surface area contributed by atoms with Gasteiger partial charge in [-0.3, -0.25) is 9.78 Å². The van der Waals surface area contributed by atoms with E-state index in [1.807, 2.05) is 18.2 Å². The van der Waals surface area contributed by atoms with Gasteiger partial charge in [-0.25, -0.2) is 0 Å². The highest BCUT2D eigenvalue weighted by Gasteiger charge is 2.31. The van der Waals surface area contributed by atoms with Crippen molar-refractivity contribution < 1.29 is 9.53 Å². The molecule has 2 aliphatic rings. The fourth-order valence-electron chi connectivity index (χ4n) is 4.53. The maximum atomic E-state index is 12.6. The molecule has 1 unspecified atom stereocenters. The van der Waals surface area contributed by atoms with Crippen molar-refractivity contribution in [2.24, 2.45) is 0 Å². The molecular weight excluding hydrogens is 358 g/mol. The Kier molecular flexibility index (Phi) is 5.77. The van der Waals surface area contributed by atoms with Gasteiger partial charge in [-0.2, -0.15) is 0 Å². The zero-order chi connectivity index (χ0) is 18.6. The minimum Gasteiger partial charge on any atom is -0.460 e. The lowest BCUT2D eigenvalue weighted by molar-refractivity contribution is -0.146. The van der Waals surface area contributed by atoms with E-state index in [9.17, 15) is 4.79 Å². The van der Waals surface area contributed by atoms with E-state index >= 15 is 0 Å². The molecule has 1 aromatic carbocycles. The summed E-state index contributed by atoms with van der Waals surface area (Å²) in [5.41, 5.74) is 4.60. The summed E-state index contributed by atoms with van der Waals surface area (Å²) in [6.07, 6.45) is 12.9. The molecule has 3 nitrogen and oxygen atoms in total. The standard InChI is InChI=1S/C23H26ClNO2/c24-22-14-20-18(13-21(22)17-5-3-1-2-4-6-17)7-8-19(20)23(26)27-15-16-9-11-25-12-10-16/h9-14,17,19H,1-8,15H2. The van der Waals surface area contributed by atoms with Crippen molar-refractivity contribution in [2.45, 2.75) is 69.8 Å². The fourth-order valence-corrected chi connectivity index (χ4v) is 4.86. The molecule has 4 heteroatoms. The van der Waals surface area contributed by atoms with Gasteiger partial charge in [-0.1, -0.05) is 43.4 Å². The monoisotopic (exact) mass is 383 g/mol. The van der Waals surface area contributed by atoms with E-state index in [4.69, 9.17) is 16.3 Å². The molecular formula is C23H26ClNO2. The third-order valence-corrected chi connectivity index (χ3v) is 6.37. The molecule has 1 fully saturated rings. The van der Waals surface area contributed by atoms with Crippen LogP contribution in [-0.4, -0.2) is 11.0 Å². The number of hydrogen-bond acceptors (Lipinski definition) is 3. The van der Waals surface area contributed by atoms with Gasteiger partial charge in [0.2, 0.25) is 0 Å². The highest BCUT2D eigenvalue weighted by Crippen LogP contribution is 2.42. The van der Waals surface area contributed by atoms with Crippen LogP contribution in [0.25, 0.3) is 0 Å². The van der Waals surface area contributed by atoms with Crippen LogP contribution in [0, 0.1) is 0 Å². The quantitative estimate of drug-likeness (QED) is 0.484. The molecule has 1 atom stereocenters. The zero-order valence-electron chi connectivity index (χ0n) is 15.6. The van der Waals surface area contributed by atoms with E-state index < -0.39 is 0 Å². The lowest BCUT2D eigenvalue weighted by atomic mass is 9.89. The number of aryl methyl sites for hydroxylation is 1. The molecule has 0 spiro atoms. The van der Waals surface area contributed by atoms with Gasteiger partial charge >= 0.3 is 5.97 Å². The molecule has 0 aliphatic heterocycles. The molecule has 2 aliphatic carbocycles. The number of aromatic nitrogens is 1. The van der Waals surface area contributed by atoms with Crippen LogP contribution >= 0.6 is 11.6 Å². The van der Waals surface area contributed by atoms with Crippen LogP contribution < -0.4 is 0 Å². The highest BCUT2D eigenvalue weighted by atomic mass is 35.5. The summed E-state index contributed by atoms with van der Waals surface area (Å²) in [4.78, 5) is 16.6. The Labute approximate surface area is 166 Å². The predicted molar refractivity (Wildman–Crippen MR) is 107 cm³/mol. The van der Waals surface area contributed by atoms with E-state index in [1.54, 1.807) is 12.4 Å². The van der Waals surface area contributed by atoms with Gasteiger partial charge in [0.25, 0.3) is 0 Å². The van der Waals surface area contributed by atoms with Crippen LogP contribution in [0.5, 0.6) is 0 Å². The average Bonchev–Trinajstić information content (AvgIpc) is 2.91. The lowest BCUT2D eigenvalue weighted by Gasteiger charge is -2.19. The van der Waals surface area contributed by atoms with Crippen molar-refractivity contribution in [3.63, 3.8) is 0 Å². The topological polar surface area (TPSA) is 39.2 Å². The Bertz CT molecular complexity index is 798. The first-order valence-corrected chi connectivity index (χ1v) is 10.5. The number of carbonyl (C=O) groups is 1. The summed E-state index contributed by atoms with van der Waals surface area (Å²) in [5.74, 6) is 0.231. The van der Waals surface area contributed by atoms with Gasteiger partial charge in [-0.05, 0) is 72.1 Å². The number of carbonyl (C=O) groups excluding carboxylic acids is 1. The third kappa shape index (κ3) is 4.19. The molecule has 4 rings (SSSR count). The number of halogens is 1. The Balaban J connectivity index is 1.48. The molecule has 142 valence electrons. The number of ether oxygens (including phenoxy) is 1. The maximum Gasteiger partial charge on any atom is 0.313 e. The molecule has 2 aromatic rings. The SMILES string of the molecule is O=C(OCc1ccncc1)C1CCc2cc(C3CCCCCC3)c(Cl)cc21. The van der Waals surface area contributed by atoms with Crippen molar-refractivity contribution >= 4 is 17.6 Å².